The molecule has 0 spiro atoms. The molecule has 1 unspecified atom stereocenters. The van der Waals surface area contributed by atoms with Crippen LogP contribution in [0.2, 0.25) is 0 Å². The first-order valence-corrected chi connectivity index (χ1v) is 7.71. The summed E-state index contributed by atoms with van der Waals surface area (Å²) in [4.78, 5) is 16.7. The van der Waals surface area contributed by atoms with E-state index in [0.717, 1.165) is 51.5 Å². The van der Waals surface area contributed by atoms with Crippen molar-refractivity contribution in [1.29, 1.82) is 0 Å². The maximum Gasteiger partial charge on any atom is 0.241 e. The molecule has 130 valence electrons. The number of carbonyl (C=O) groups excluding carboxylic acids is 1. The highest BCUT2D eigenvalue weighted by Gasteiger charge is 2.30. The third-order valence-electron chi connectivity index (χ3n) is 4.30. The number of hydrogen-bond acceptors (Lipinski definition) is 4. The van der Waals surface area contributed by atoms with Crippen molar-refractivity contribution >= 4 is 36.4 Å². The molecule has 1 aromatic rings. The number of anilines is 1. The normalized spacial score (nSPS) is 21.2. The smallest absolute Gasteiger partial charge is 0.241 e. The van der Waals surface area contributed by atoms with E-state index >= 15 is 0 Å². The lowest BCUT2D eigenvalue weighted by Crippen LogP contribution is -2.45. The number of carbonyl (C=O) groups is 1. The first kappa shape index (κ1) is 20.0. The van der Waals surface area contributed by atoms with Gasteiger partial charge in [-0.2, -0.15) is 0 Å². The molecule has 0 aromatic heterocycles. The van der Waals surface area contributed by atoms with Crippen molar-refractivity contribution in [2.45, 2.75) is 12.5 Å². The lowest BCUT2D eigenvalue weighted by atomic mass is 10.2. The van der Waals surface area contributed by atoms with E-state index in [1.807, 2.05) is 35.2 Å². The van der Waals surface area contributed by atoms with Crippen molar-refractivity contribution in [2.24, 2.45) is 0 Å². The van der Waals surface area contributed by atoms with Crippen molar-refractivity contribution in [1.82, 2.24) is 9.80 Å². The Morgan fingerprint density at radius 3 is 2.52 bits per heavy atom. The number of morpholine rings is 1. The van der Waals surface area contributed by atoms with Gasteiger partial charge in [-0.3, -0.25) is 9.69 Å². The summed E-state index contributed by atoms with van der Waals surface area (Å²) in [5.41, 5.74) is 0.995. The van der Waals surface area contributed by atoms with Crippen LogP contribution in [0.5, 0.6) is 0 Å². The Bertz CT molecular complexity index is 470. The Labute approximate surface area is 150 Å². The third kappa shape index (κ3) is 5.53. The van der Waals surface area contributed by atoms with E-state index in [-0.39, 0.29) is 30.7 Å². The molecular weight excluding hydrogens is 337 g/mol. The number of para-hydroxylation sites is 1. The van der Waals surface area contributed by atoms with Crippen LogP contribution >= 0.6 is 24.8 Å². The second kappa shape index (κ2) is 9.98. The van der Waals surface area contributed by atoms with E-state index in [0.29, 0.717) is 12.6 Å². The minimum absolute atomic E-state index is 0. The molecule has 1 N–H and O–H groups in total. The van der Waals surface area contributed by atoms with Crippen molar-refractivity contribution in [3.63, 3.8) is 0 Å². The van der Waals surface area contributed by atoms with Crippen LogP contribution in [-0.4, -0.2) is 67.7 Å². The van der Waals surface area contributed by atoms with Crippen molar-refractivity contribution in [3.8, 4) is 0 Å². The van der Waals surface area contributed by atoms with Crippen LogP contribution in [0.4, 0.5) is 5.69 Å². The number of halogens is 2. The number of nitrogens with zero attached hydrogens (tertiary/aromatic N) is 2. The number of rotatable bonds is 4. The van der Waals surface area contributed by atoms with Gasteiger partial charge in [0.2, 0.25) is 5.91 Å². The van der Waals surface area contributed by atoms with Gasteiger partial charge in [0, 0.05) is 37.9 Å². The fourth-order valence-electron chi connectivity index (χ4n) is 3.05. The van der Waals surface area contributed by atoms with Crippen LogP contribution in [0.1, 0.15) is 6.42 Å². The summed E-state index contributed by atoms with van der Waals surface area (Å²) in [5.74, 6) is 0.189. The highest BCUT2D eigenvalue weighted by Crippen LogP contribution is 2.17. The van der Waals surface area contributed by atoms with Crippen LogP contribution in [0, 0.1) is 0 Å². The van der Waals surface area contributed by atoms with Crippen LogP contribution in [-0.2, 0) is 9.53 Å². The number of hydrogen-bond donors (Lipinski definition) is 1. The molecule has 2 fully saturated rings. The predicted octanol–water partition coefficient (Wildman–Crippen LogP) is 1.88. The second-order valence-electron chi connectivity index (χ2n) is 5.65. The van der Waals surface area contributed by atoms with Gasteiger partial charge in [0.05, 0.1) is 19.8 Å². The van der Waals surface area contributed by atoms with Gasteiger partial charge >= 0.3 is 0 Å². The first-order chi connectivity index (χ1) is 10.3. The molecule has 1 atom stereocenters. The number of nitrogens with one attached hydrogen (secondary N) is 1. The van der Waals surface area contributed by atoms with Gasteiger partial charge in [0.1, 0.15) is 0 Å². The minimum atomic E-state index is 0. The van der Waals surface area contributed by atoms with Crippen LogP contribution in [0.15, 0.2) is 30.3 Å². The summed E-state index contributed by atoms with van der Waals surface area (Å²) in [7, 11) is 0. The number of benzene rings is 1. The molecule has 2 heterocycles. The molecule has 2 saturated heterocycles. The zero-order valence-electron chi connectivity index (χ0n) is 13.1. The summed E-state index contributed by atoms with van der Waals surface area (Å²) < 4.78 is 5.39. The summed E-state index contributed by atoms with van der Waals surface area (Å²) >= 11 is 0. The van der Waals surface area contributed by atoms with Crippen LogP contribution in [0.25, 0.3) is 0 Å². The van der Waals surface area contributed by atoms with E-state index in [4.69, 9.17) is 4.74 Å². The topological polar surface area (TPSA) is 44.8 Å². The molecular formula is C16H25Cl2N3O2. The number of amides is 1. The number of ether oxygens (including phenoxy) is 1. The molecule has 0 radical (unpaired) electrons. The molecule has 0 bridgehead atoms. The molecule has 0 aliphatic carbocycles. The first-order valence-electron chi connectivity index (χ1n) is 7.71. The molecule has 1 aromatic carbocycles. The molecule has 2 aliphatic rings. The van der Waals surface area contributed by atoms with Gasteiger partial charge in [-0.05, 0) is 18.6 Å². The third-order valence-corrected chi connectivity index (χ3v) is 4.30. The monoisotopic (exact) mass is 361 g/mol. The van der Waals surface area contributed by atoms with E-state index < -0.39 is 0 Å². The van der Waals surface area contributed by atoms with Gasteiger partial charge in [-0.15, -0.1) is 24.8 Å². The van der Waals surface area contributed by atoms with Crippen molar-refractivity contribution in [2.75, 3.05) is 51.3 Å². The summed E-state index contributed by atoms with van der Waals surface area (Å²) in [6.07, 6.45) is 1.08. The van der Waals surface area contributed by atoms with Gasteiger partial charge in [0.15, 0.2) is 0 Å². The molecule has 2 aliphatic heterocycles. The molecule has 0 saturated carbocycles. The predicted molar refractivity (Wildman–Crippen MR) is 96.8 cm³/mol. The van der Waals surface area contributed by atoms with E-state index in [1.165, 1.54) is 0 Å². The van der Waals surface area contributed by atoms with E-state index in [9.17, 15) is 4.79 Å². The zero-order valence-corrected chi connectivity index (χ0v) is 14.8. The molecule has 5 nitrogen and oxygen atoms in total. The zero-order chi connectivity index (χ0) is 14.5. The Balaban J connectivity index is 0.00000132. The Kier molecular flexibility index (Phi) is 8.69. The Morgan fingerprint density at radius 1 is 1.13 bits per heavy atom. The van der Waals surface area contributed by atoms with E-state index in [1.54, 1.807) is 0 Å². The van der Waals surface area contributed by atoms with Crippen LogP contribution in [0.3, 0.4) is 0 Å². The molecule has 1 amide bonds. The summed E-state index contributed by atoms with van der Waals surface area (Å²) in [6.45, 7) is 5.73. The molecule has 7 heteroatoms. The fraction of sp³-hybridized carbons (Fsp3) is 0.562. The van der Waals surface area contributed by atoms with Crippen molar-refractivity contribution < 1.29 is 9.53 Å². The highest BCUT2D eigenvalue weighted by molar-refractivity contribution is 5.85. The number of likely N-dealkylation sites (tertiary alicyclic amines) is 1. The average molecular weight is 362 g/mol. The lowest BCUT2D eigenvalue weighted by molar-refractivity contribution is -0.128. The quantitative estimate of drug-likeness (QED) is 0.889. The maximum atomic E-state index is 12.3. The largest absolute Gasteiger partial charge is 0.379 e. The van der Waals surface area contributed by atoms with Gasteiger partial charge in [0.25, 0.3) is 0 Å². The van der Waals surface area contributed by atoms with Crippen molar-refractivity contribution in [3.05, 3.63) is 30.3 Å². The molecule has 3 rings (SSSR count). The molecule has 23 heavy (non-hydrogen) atoms. The minimum Gasteiger partial charge on any atom is -0.379 e. The van der Waals surface area contributed by atoms with E-state index in [2.05, 4.69) is 10.2 Å². The highest BCUT2D eigenvalue weighted by atomic mass is 35.5. The maximum absolute atomic E-state index is 12.3. The van der Waals surface area contributed by atoms with Gasteiger partial charge in [-0.25, -0.2) is 0 Å². The average Bonchev–Trinajstić information content (AvgIpc) is 3.04. The summed E-state index contributed by atoms with van der Waals surface area (Å²) in [6, 6.07) is 10.4. The second-order valence-corrected chi connectivity index (χ2v) is 5.65. The van der Waals surface area contributed by atoms with Gasteiger partial charge < -0.3 is 15.0 Å². The lowest BCUT2D eigenvalue weighted by Gasteiger charge is -2.32. The Hall–Kier alpha value is -1.01. The SMILES string of the molecule is Cl.Cl.O=C(CNc1ccccc1)N1CCC(N2CCOCC2)C1. The standard InChI is InChI=1S/C16H23N3O2.2ClH/c20-16(12-17-14-4-2-1-3-5-14)19-7-6-15(13-19)18-8-10-21-11-9-18;;/h1-5,15,17H,6-13H2;2*1H. The van der Waals surface area contributed by atoms with Gasteiger partial charge in [-0.1, -0.05) is 18.2 Å². The Morgan fingerprint density at radius 2 is 1.83 bits per heavy atom. The summed E-state index contributed by atoms with van der Waals surface area (Å²) in [5, 5.41) is 3.19. The fourth-order valence-corrected chi connectivity index (χ4v) is 3.05. The van der Waals surface area contributed by atoms with Crippen LogP contribution < -0.4 is 5.32 Å².